The van der Waals surface area contributed by atoms with Crippen LogP contribution in [-0.2, 0) is 4.79 Å². The molecule has 7 nitrogen and oxygen atoms in total. The van der Waals surface area contributed by atoms with Crippen molar-refractivity contribution in [1.82, 2.24) is 20.4 Å². The molecule has 1 saturated heterocycles. The molecule has 0 spiro atoms. The molecule has 2 aromatic rings. The zero-order valence-electron chi connectivity index (χ0n) is 14.0. The maximum Gasteiger partial charge on any atom is 0.256 e. The van der Waals surface area contributed by atoms with Crippen LogP contribution >= 0.6 is 0 Å². The molecule has 1 aromatic carbocycles. The van der Waals surface area contributed by atoms with Gasteiger partial charge in [-0.1, -0.05) is 6.92 Å². The van der Waals surface area contributed by atoms with Crippen LogP contribution in [0.4, 0.5) is 10.2 Å². The molecule has 3 rings (SSSR count). The molecule has 0 bridgehead atoms. The molecule has 132 valence electrons. The Morgan fingerprint density at radius 3 is 2.80 bits per heavy atom. The van der Waals surface area contributed by atoms with E-state index in [2.05, 4.69) is 21.0 Å². The van der Waals surface area contributed by atoms with Crippen LogP contribution in [0.2, 0.25) is 0 Å². The first-order chi connectivity index (χ1) is 12.0. The number of amides is 2. The van der Waals surface area contributed by atoms with E-state index >= 15 is 0 Å². The van der Waals surface area contributed by atoms with E-state index in [9.17, 15) is 14.0 Å². The third-order valence-corrected chi connectivity index (χ3v) is 4.07. The number of aromatic nitrogens is 2. The Hall–Kier alpha value is -2.74. The topological polar surface area (TPSA) is 88.1 Å². The highest BCUT2D eigenvalue weighted by atomic mass is 19.1. The smallest absolute Gasteiger partial charge is 0.256 e. The van der Waals surface area contributed by atoms with Gasteiger partial charge in [0, 0.05) is 24.1 Å². The van der Waals surface area contributed by atoms with Crippen molar-refractivity contribution in [2.24, 2.45) is 0 Å². The molecule has 1 aromatic heterocycles. The van der Waals surface area contributed by atoms with Crippen LogP contribution in [0.1, 0.15) is 42.1 Å². The van der Waals surface area contributed by atoms with Crippen molar-refractivity contribution >= 4 is 17.6 Å². The van der Waals surface area contributed by atoms with Gasteiger partial charge < -0.3 is 10.6 Å². The Labute approximate surface area is 144 Å². The predicted octanol–water partition coefficient (Wildman–Crippen LogP) is 1.93. The van der Waals surface area contributed by atoms with Crippen LogP contribution in [0.15, 0.2) is 30.3 Å². The molecule has 3 N–H and O–H groups in total. The molecule has 1 fully saturated rings. The molecule has 25 heavy (non-hydrogen) atoms. The van der Waals surface area contributed by atoms with E-state index < -0.39 is 12.1 Å². The van der Waals surface area contributed by atoms with Gasteiger partial charge in [-0.2, -0.15) is 5.10 Å². The van der Waals surface area contributed by atoms with Gasteiger partial charge in [0.1, 0.15) is 11.6 Å². The van der Waals surface area contributed by atoms with E-state index in [1.54, 1.807) is 13.0 Å². The van der Waals surface area contributed by atoms with Crippen LogP contribution in [-0.4, -0.2) is 27.6 Å². The minimum Gasteiger partial charge on any atom is -0.322 e. The zero-order chi connectivity index (χ0) is 18.0. The maximum absolute atomic E-state index is 13.0. The van der Waals surface area contributed by atoms with E-state index in [1.165, 1.54) is 28.9 Å². The van der Waals surface area contributed by atoms with Gasteiger partial charge in [0.05, 0.1) is 5.69 Å². The predicted molar refractivity (Wildman–Crippen MR) is 90.3 cm³/mol. The van der Waals surface area contributed by atoms with Gasteiger partial charge in [0.15, 0.2) is 6.29 Å². The summed E-state index contributed by atoms with van der Waals surface area (Å²) in [4.78, 5) is 24.3. The van der Waals surface area contributed by atoms with Crippen LogP contribution < -0.4 is 16.0 Å². The lowest BCUT2D eigenvalue weighted by atomic mass is 10.1. The standard InChI is InChI=1S/C17H20FN5O2/c1-3-13-9-15(24)21-17(19-13)23-14(8-10(2)22-23)20-16(25)11-4-6-12(18)7-5-11/h4-8,13,17,19H,3,9H2,1-2H3,(H,20,25)(H,21,24). The summed E-state index contributed by atoms with van der Waals surface area (Å²) in [5.41, 5.74) is 1.03. The molecular formula is C17H20FN5O2. The molecule has 2 heterocycles. The maximum atomic E-state index is 13.0. The first-order valence-electron chi connectivity index (χ1n) is 8.14. The number of benzene rings is 1. The number of nitrogens with zero attached hydrogens (tertiary/aromatic N) is 2. The molecule has 2 unspecified atom stereocenters. The summed E-state index contributed by atoms with van der Waals surface area (Å²) in [5, 5.41) is 13.2. The van der Waals surface area contributed by atoms with Gasteiger partial charge in [-0.15, -0.1) is 0 Å². The summed E-state index contributed by atoms with van der Waals surface area (Å²) < 4.78 is 14.5. The first kappa shape index (κ1) is 17.1. The summed E-state index contributed by atoms with van der Waals surface area (Å²) in [7, 11) is 0. The Morgan fingerprint density at radius 2 is 2.12 bits per heavy atom. The quantitative estimate of drug-likeness (QED) is 0.790. The minimum absolute atomic E-state index is 0.0453. The Kier molecular flexibility index (Phi) is 4.80. The van der Waals surface area contributed by atoms with Crippen molar-refractivity contribution in [2.45, 2.75) is 39.0 Å². The molecule has 0 aliphatic carbocycles. The lowest BCUT2D eigenvalue weighted by Crippen LogP contribution is -2.53. The number of hydrogen-bond acceptors (Lipinski definition) is 4. The van der Waals surface area contributed by atoms with Gasteiger partial charge >= 0.3 is 0 Å². The van der Waals surface area contributed by atoms with E-state index in [0.29, 0.717) is 23.5 Å². The lowest BCUT2D eigenvalue weighted by molar-refractivity contribution is -0.125. The number of hydrogen-bond donors (Lipinski definition) is 3. The number of nitrogens with one attached hydrogen (secondary N) is 3. The van der Waals surface area contributed by atoms with Crippen LogP contribution in [0.25, 0.3) is 0 Å². The number of aryl methyl sites for hydroxylation is 1. The third kappa shape index (κ3) is 3.85. The van der Waals surface area contributed by atoms with Crippen molar-refractivity contribution < 1.29 is 14.0 Å². The second-order valence-electron chi connectivity index (χ2n) is 6.02. The van der Waals surface area contributed by atoms with E-state index in [-0.39, 0.29) is 17.9 Å². The molecule has 1 aliphatic rings. The van der Waals surface area contributed by atoms with E-state index in [1.807, 2.05) is 6.92 Å². The fourth-order valence-corrected chi connectivity index (χ4v) is 2.75. The first-order valence-corrected chi connectivity index (χ1v) is 8.14. The summed E-state index contributed by atoms with van der Waals surface area (Å²) in [5.74, 6) is -0.409. The molecule has 2 atom stereocenters. The number of carbonyl (C=O) groups excluding carboxylic acids is 2. The van der Waals surface area contributed by atoms with Gasteiger partial charge in [-0.05, 0) is 37.6 Å². The highest BCUT2D eigenvalue weighted by Gasteiger charge is 2.28. The molecule has 1 aliphatic heterocycles. The summed E-state index contributed by atoms with van der Waals surface area (Å²) in [6, 6.07) is 7.03. The zero-order valence-corrected chi connectivity index (χ0v) is 14.0. The van der Waals surface area contributed by atoms with Crippen molar-refractivity contribution in [3.63, 3.8) is 0 Å². The summed E-state index contributed by atoms with van der Waals surface area (Å²) in [6.45, 7) is 3.80. The molecule has 2 amide bonds. The molecule has 8 heteroatoms. The van der Waals surface area contributed by atoms with Crippen LogP contribution in [0, 0.1) is 12.7 Å². The molecular weight excluding hydrogens is 325 g/mol. The largest absolute Gasteiger partial charge is 0.322 e. The number of halogens is 1. The molecule has 0 radical (unpaired) electrons. The van der Waals surface area contributed by atoms with E-state index in [4.69, 9.17) is 0 Å². The minimum atomic E-state index is -0.539. The summed E-state index contributed by atoms with van der Waals surface area (Å²) in [6.07, 6.45) is 0.676. The second kappa shape index (κ2) is 7.02. The Morgan fingerprint density at radius 1 is 1.40 bits per heavy atom. The highest BCUT2D eigenvalue weighted by Crippen LogP contribution is 2.19. The monoisotopic (exact) mass is 345 g/mol. The molecule has 0 saturated carbocycles. The van der Waals surface area contributed by atoms with Gasteiger partial charge in [0.2, 0.25) is 5.91 Å². The number of rotatable bonds is 4. The fraction of sp³-hybridized carbons (Fsp3) is 0.353. The van der Waals surface area contributed by atoms with Crippen molar-refractivity contribution in [2.75, 3.05) is 5.32 Å². The second-order valence-corrected chi connectivity index (χ2v) is 6.02. The fourth-order valence-electron chi connectivity index (χ4n) is 2.75. The Balaban J connectivity index is 1.82. The van der Waals surface area contributed by atoms with Gasteiger partial charge in [-0.25, -0.2) is 9.07 Å². The van der Waals surface area contributed by atoms with Crippen LogP contribution in [0.5, 0.6) is 0 Å². The highest BCUT2D eigenvalue weighted by molar-refractivity contribution is 6.03. The number of carbonyl (C=O) groups is 2. The van der Waals surface area contributed by atoms with Crippen molar-refractivity contribution in [1.29, 1.82) is 0 Å². The Bertz CT molecular complexity index is 787. The normalized spacial score (nSPS) is 20.2. The average Bonchev–Trinajstić information content (AvgIpc) is 2.95. The lowest BCUT2D eigenvalue weighted by Gasteiger charge is -2.31. The summed E-state index contributed by atoms with van der Waals surface area (Å²) >= 11 is 0. The van der Waals surface area contributed by atoms with Gasteiger partial charge in [-0.3, -0.25) is 14.9 Å². The van der Waals surface area contributed by atoms with Crippen molar-refractivity contribution in [3.8, 4) is 0 Å². The van der Waals surface area contributed by atoms with E-state index in [0.717, 1.165) is 6.42 Å². The van der Waals surface area contributed by atoms with Crippen LogP contribution in [0.3, 0.4) is 0 Å². The average molecular weight is 345 g/mol. The third-order valence-electron chi connectivity index (χ3n) is 4.07. The SMILES string of the molecule is CCC1CC(=O)NC(n2nc(C)cc2NC(=O)c2ccc(F)cc2)N1. The number of anilines is 1. The van der Waals surface area contributed by atoms with Gasteiger partial charge in [0.25, 0.3) is 5.91 Å². The van der Waals surface area contributed by atoms with Crippen molar-refractivity contribution in [3.05, 3.63) is 47.4 Å².